The second kappa shape index (κ2) is 4.58. The molecule has 1 aromatic rings. The molecule has 0 saturated carbocycles. The summed E-state index contributed by atoms with van der Waals surface area (Å²) in [6.07, 6.45) is 0.827. The second-order valence-corrected chi connectivity index (χ2v) is 6.21. The Labute approximate surface area is 96.3 Å². The predicted molar refractivity (Wildman–Crippen MR) is 65.1 cm³/mol. The van der Waals surface area contributed by atoms with Gasteiger partial charge in [0.2, 0.25) is 0 Å². The largest absolute Gasteiger partial charge is 0.327 e. The van der Waals surface area contributed by atoms with Crippen molar-refractivity contribution >= 4 is 11.5 Å². The Morgan fingerprint density at radius 2 is 1.93 bits per heavy atom. The highest BCUT2D eigenvalue weighted by molar-refractivity contribution is 7.05. The number of rotatable bonds is 3. The van der Waals surface area contributed by atoms with Crippen molar-refractivity contribution in [1.29, 1.82) is 0 Å². The maximum atomic E-state index is 6.11. The summed E-state index contributed by atoms with van der Waals surface area (Å²) in [7, 11) is 0. The van der Waals surface area contributed by atoms with E-state index < -0.39 is 0 Å². The number of hydrogen-bond acceptors (Lipinski definition) is 4. The Hall–Kier alpha value is -0.480. The van der Waals surface area contributed by atoms with Gasteiger partial charge < -0.3 is 5.73 Å². The summed E-state index contributed by atoms with van der Waals surface area (Å²) in [5, 5.41) is 1.06. The van der Waals surface area contributed by atoms with Crippen LogP contribution in [0.4, 0.5) is 0 Å². The zero-order valence-electron chi connectivity index (χ0n) is 10.2. The maximum Gasteiger partial charge on any atom is 0.145 e. The minimum absolute atomic E-state index is 0.129. The molecular formula is C11H21N3S. The Morgan fingerprint density at radius 1 is 1.33 bits per heavy atom. The molecule has 0 spiro atoms. The fourth-order valence-electron chi connectivity index (χ4n) is 1.08. The molecule has 0 bridgehead atoms. The molecule has 0 aliphatic heterocycles. The van der Waals surface area contributed by atoms with Gasteiger partial charge in [-0.1, -0.05) is 34.6 Å². The molecule has 1 unspecified atom stereocenters. The van der Waals surface area contributed by atoms with E-state index in [1.807, 2.05) is 0 Å². The Bertz CT molecular complexity index is 312. The van der Waals surface area contributed by atoms with Crippen molar-refractivity contribution in [2.45, 2.75) is 53.0 Å². The van der Waals surface area contributed by atoms with Crippen LogP contribution < -0.4 is 5.73 Å². The van der Waals surface area contributed by atoms with Gasteiger partial charge in [0.25, 0.3) is 0 Å². The Balaban J connectivity index is 2.65. The zero-order valence-corrected chi connectivity index (χ0v) is 11.1. The molecule has 3 nitrogen and oxygen atoms in total. The number of hydrogen-bond donors (Lipinski definition) is 1. The van der Waals surface area contributed by atoms with E-state index in [2.05, 4.69) is 44.0 Å². The van der Waals surface area contributed by atoms with E-state index in [-0.39, 0.29) is 11.5 Å². The summed E-state index contributed by atoms with van der Waals surface area (Å²) >= 11 is 1.48. The third-order valence-corrected chi connectivity index (χ3v) is 3.25. The first-order valence-corrected chi connectivity index (χ1v) is 6.16. The second-order valence-electron chi connectivity index (χ2n) is 5.38. The fraction of sp³-hybridized carbons (Fsp3) is 0.818. The topological polar surface area (TPSA) is 51.8 Å². The highest BCUT2D eigenvalue weighted by atomic mass is 32.1. The normalized spacial score (nSPS) is 14.6. The predicted octanol–water partition coefficient (Wildman–Crippen LogP) is 2.58. The molecular weight excluding hydrogens is 206 g/mol. The highest BCUT2D eigenvalue weighted by Gasteiger charge is 2.22. The van der Waals surface area contributed by atoms with Gasteiger partial charge in [0, 0.05) is 18.4 Å². The van der Waals surface area contributed by atoms with E-state index in [0.717, 1.165) is 17.3 Å². The van der Waals surface area contributed by atoms with Crippen LogP contribution in [-0.4, -0.2) is 15.4 Å². The average molecular weight is 227 g/mol. The van der Waals surface area contributed by atoms with E-state index in [1.165, 1.54) is 11.5 Å². The summed E-state index contributed by atoms with van der Waals surface area (Å²) in [4.78, 5) is 4.49. The summed E-state index contributed by atoms with van der Waals surface area (Å²) in [5.41, 5.74) is 6.24. The minimum atomic E-state index is 0.129. The van der Waals surface area contributed by atoms with Crippen molar-refractivity contribution in [2.24, 2.45) is 11.1 Å². The zero-order chi connectivity index (χ0) is 11.6. The van der Waals surface area contributed by atoms with Crippen molar-refractivity contribution in [3.8, 4) is 0 Å². The first-order valence-electron chi connectivity index (χ1n) is 5.38. The van der Waals surface area contributed by atoms with Gasteiger partial charge in [-0.2, -0.15) is 4.37 Å². The van der Waals surface area contributed by atoms with Crippen LogP contribution in [0.1, 0.15) is 51.4 Å². The average Bonchev–Trinajstić information content (AvgIpc) is 2.50. The molecule has 0 radical (unpaired) electrons. The van der Waals surface area contributed by atoms with Gasteiger partial charge in [-0.05, 0) is 16.9 Å². The van der Waals surface area contributed by atoms with Crippen LogP contribution in [-0.2, 0) is 6.42 Å². The first-order chi connectivity index (χ1) is 6.80. The summed E-state index contributed by atoms with van der Waals surface area (Å²) in [6.45, 7) is 10.7. The van der Waals surface area contributed by atoms with Crippen LogP contribution in [0.15, 0.2) is 0 Å². The quantitative estimate of drug-likeness (QED) is 0.863. The number of nitrogens with two attached hydrogens (primary N) is 1. The van der Waals surface area contributed by atoms with Crippen LogP contribution in [0.3, 0.4) is 0 Å². The van der Waals surface area contributed by atoms with E-state index in [9.17, 15) is 0 Å². The van der Waals surface area contributed by atoms with Gasteiger partial charge in [0.05, 0.1) is 0 Å². The number of aromatic nitrogens is 2. The lowest BCUT2D eigenvalue weighted by Crippen LogP contribution is -2.36. The standard InChI is InChI=1S/C11H21N3S/c1-7(2)10-13-9(15-14-10)6-8(12)11(3,4)5/h7-8H,6,12H2,1-5H3. The molecule has 1 aromatic heterocycles. The van der Waals surface area contributed by atoms with E-state index in [4.69, 9.17) is 5.73 Å². The smallest absolute Gasteiger partial charge is 0.145 e. The Kier molecular flexibility index (Phi) is 3.84. The molecule has 1 heterocycles. The number of nitrogens with zero attached hydrogens (tertiary/aromatic N) is 2. The van der Waals surface area contributed by atoms with Crippen LogP contribution in [0.5, 0.6) is 0 Å². The summed E-state index contributed by atoms with van der Waals surface area (Å²) in [5.74, 6) is 1.34. The third-order valence-electron chi connectivity index (χ3n) is 2.51. The van der Waals surface area contributed by atoms with Crippen molar-refractivity contribution in [2.75, 3.05) is 0 Å². The van der Waals surface area contributed by atoms with Crippen molar-refractivity contribution in [3.63, 3.8) is 0 Å². The monoisotopic (exact) mass is 227 g/mol. The minimum Gasteiger partial charge on any atom is -0.327 e. The third kappa shape index (κ3) is 3.54. The molecule has 0 fully saturated rings. The molecule has 0 aromatic carbocycles. The van der Waals surface area contributed by atoms with E-state index in [0.29, 0.717) is 5.92 Å². The molecule has 1 rings (SSSR count). The Morgan fingerprint density at radius 3 is 2.33 bits per heavy atom. The van der Waals surface area contributed by atoms with Crippen LogP contribution in [0.2, 0.25) is 0 Å². The molecule has 4 heteroatoms. The van der Waals surface area contributed by atoms with Crippen LogP contribution in [0, 0.1) is 5.41 Å². The van der Waals surface area contributed by atoms with Gasteiger partial charge in [0.15, 0.2) is 0 Å². The van der Waals surface area contributed by atoms with Crippen molar-refractivity contribution in [1.82, 2.24) is 9.36 Å². The lowest BCUT2D eigenvalue weighted by Gasteiger charge is -2.25. The highest BCUT2D eigenvalue weighted by Crippen LogP contribution is 2.22. The fourth-order valence-corrected chi connectivity index (χ4v) is 1.92. The summed E-state index contributed by atoms with van der Waals surface area (Å²) in [6, 6.07) is 0.144. The van der Waals surface area contributed by atoms with Gasteiger partial charge in [-0.25, -0.2) is 4.98 Å². The van der Waals surface area contributed by atoms with E-state index in [1.54, 1.807) is 0 Å². The lowest BCUT2D eigenvalue weighted by molar-refractivity contribution is 0.318. The van der Waals surface area contributed by atoms with Crippen molar-refractivity contribution in [3.05, 3.63) is 10.8 Å². The maximum absolute atomic E-state index is 6.11. The van der Waals surface area contributed by atoms with Gasteiger partial charge in [0.1, 0.15) is 10.8 Å². The molecule has 86 valence electrons. The van der Waals surface area contributed by atoms with Crippen molar-refractivity contribution < 1.29 is 0 Å². The van der Waals surface area contributed by atoms with Gasteiger partial charge in [-0.3, -0.25) is 0 Å². The van der Waals surface area contributed by atoms with Gasteiger partial charge in [-0.15, -0.1) is 0 Å². The first kappa shape index (κ1) is 12.6. The van der Waals surface area contributed by atoms with Gasteiger partial charge >= 0.3 is 0 Å². The molecule has 0 aliphatic rings. The molecule has 0 saturated heterocycles. The SMILES string of the molecule is CC(C)c1nsc(CC(N)C(C)(C)C)n1. The summed E-state index contributed by atoms with van der Waals surface area (Å²) < 4.78 is 4.33. The van der Waals surface area contributed by atoms with E-state index >= 15 is 0 Å². The van der Waals surface area contributed by atoms with Crippen LogP contribution >= 0.6 is 11.5 Å². The molecule has 0 amide bonds. The molecule has 15 heavy (non-hydrogen) atoms. The van der Waals surface area contributed by atoms with Crippen LogP contribution in [0.25, 0.3) is 0 Å². The molecule has 2 N–H and O–H groups in total. The lowest BCUT2D eigenvalue weighted by atomic mass is 9.86. The molecule has 0 aliphatic carbocycles. The molecule has 1 atom stereocenters.